The Balaban J connectivity index is 1.97. The van der Waals surface area contributed by atoms with E-state index in [1.807, 2.05) is 19.1 Å². The summed E-state index contributed by atoms with van der Waals surface area (Å²) in [5.41, 5.74) is 2.57. The Kier molecular flexibility index (Phi) is 4.92. The molecule has 0 radical (unpaired) electrons. The second kappa shape index (κ2) is 6.95. The molecule has 1 N–H and O–H groups in total. The van der Waals surface area contributed by atoms with Crippen molar-refractivity contribution in [2.45, 2.75) is 19.1 Å². The van der Waals surface area contributed by atoms with Gasteiger partial charge in [-0.1, -0.05) is 42.0 Å². The van der Waals surface area contributed by atoms with E-state index in [1.165, 1.54) is 12.1 Å². The van der Waals surface area contributed by atoms with E-state index in [1.54, 1.807) is 12.1 Å². The molecule has 0 aromatic heterocycles. The van der Waals surface area contributed by atoms with E-state index in [4.69, 9.17) is 0 Å². The number of aryl methyl sites for hydroxylation is 1. The van der Waals surface area contributed by atoms with Crippen LogP contribution in [0.5, 0.6) is 0 Å². The topological polar surface area (TPSA) is 15.3 Å². The molecule has 1 unspecified atom stereocenters. The van der Waals surface area contributed by atoms with Gasteiger partial charge in [-0.15, -0.1) is 0 Å². The summed E-state index contributed by atoms with van der Waals surface area (Å²) in [6.45, 7) is 5.57. The van der Waals surface area contributed by atoms with E-state index in [0.29, 0.717) is 0 Å². The maximum absolute atomic E-state index is 12.8. The highest BCUT2D eigenvalue weighted by Crippen LogP contribution is 2.33. The minimum absolute atomic E-state index is 0.0192. The molecule has 0 aliphatic carbocycles. The lowest BCUT2D eigenvalue weighted by Crippen LogP contribution is -2.45. The first-order valence-corrected chi connectivity index (χ1v) is 8.13. The van der Waals surface area contributed by atoms with Crippen LogP contribution in [0.3, 0.4) is 0 Å². The van der Waals surface area contributed by atoms with Crippen LogP contribution < -0.4 is 5.32 Å². The highest BCUT2D eigenvalue weighted by Gasteiger charge is 2.31. The van der Waals surface area contributed by atoms with Crippen LogP contribution in [0, 0.1) is 6.92 Å². The quantitative estimate of drug-likeness (QED) is 0.912. The van der Waals surface area contributed by atoms with Crippen LogP contribution in [0.2, 0.25) is 0 Å². The molecule has 1 atom stereocenters. The van der Waals surface area contributed by atoms with Crippen LogP contribution in [0.4, 0.5) is 13.2 Å². The van der Waals surface area contributed by atoms with Gasteiger partial charge in [-0.2, -0.15) is 13.2 Å². The van der Waals surface area contributed by atoms with E-state index < -0.39 is 11.7 Å². The van der Waals surface area contributed by atoms with Gasteiger partial charge < -0.3 is 5.32 Å². The molecular formula is C19H21F3N2. The molecule has 0 saturated carbocycles. The fourth-order valence-corrected chi connectivity index (χ4v) is 3.25. The molecule has 0 spiro atoms. The zero-order chi connectivity index (χ0) is 17.2. The Morgan fingerprint density at radius 2 is 1.62 bits per heavy atom. The first kappa shape index (κ1) is 17.0. The monoisotopic (exact) mass is 334 g/mol. The second-order valence-electron chi connectivity index (χ2n) is 6.22. The van der Waals surface area contributed by atoms with Crippen molar-refractivity contribution in [3.63, 3.8) is 0 Å². The first-order chi connectivity index (χ1) is 11.4. The average molecular weight is 334 g/mol. The number of rotatable bonds is 3. The maximum Gasteiger partial charge on any atom is 0.416 e. The second-order valence-corrected chi connectivity index (χ2v) is 6.22. The summed E-state index contributed by atoms with van der Waals surface area (Å²) in [5.74, 6) is 0. The SMILES string of the molecule is Cc1cccc(C(c2ccc(C(F)(F)F)cc2)N2CCNCC2)c1. The molecule has 2 nitrogen and oxygen atoms in total. The van der Waals surface area contributed by atoms with Crippen LogP contribution in [0.15, 0.2) is 48.5 Å². The summed E-state index contributed by atoms with van der Waals surface area (Å²) in [4.78, 5) is 2.33. The summed E-state index contributed by atoms with van der Waals surface area (Å²) in [6, 6.07) is 13.8. The van der Waals surface area contributed by atoms with Crippen molar-refractivity contribution in [3.8, 4) is 0 Å². The van der Waals surface area contributed by atoms with E-state index >= 15 is 0 Å². The van der Waals surface area contributed by atoms with Gasteiger partial charge in [0.05, 0.1) is 11.6 Å². The number of piperazine rings is 1. The smallest absolute Gasteiger partial charge is 0.314 e. The molecule has 2 aromatic rings. The predicted molar refractivity (Wildman–Crippen MR) is 88.9 cm³/mol. The molecule has 5 heteroatoms. The number of halogens is 3. The number of benzene rings is 2. The Hall–Kier alpha value is -1.85. The minimum atomic E-state index is -4.30. The highest BCUT2D eigenvalue weighted by molar-refractivity contribution is 5.36. The van der Waals surface area contributed by atoms with E-state index in [-0.39, 0.29) is 6.04 Å². The highest BCUT2D eigenvalue weighted by atomic mass is 19.4. The van der Waals surface area contributed by atoms with Gasteiger partial charge in [0, 0.05) is 26.2 Å². The van der Waals surface area contributed by atoms with E-state index in [0.717, 1.165) is 42.9 Å². The third-order valence-corrected chi connectivity index (χ3v) is 4.43. The lowest BCUT2D eigenvalue weighted by molar-refractivity contribution is -0.137. The third-order valence-electron chi connectivity index (χ3n) is 4.43. The number of alkyl halides is 3. The van der Waals surface area contributed by atoms with Crippen LogP contribution in [0.25, 0.3) is 0 Å². The standard InChI is InChI=1S/C19H21F3N2/c1-14-3-2-4-16(13-14)18(24-11-9-23-10-12-24)15-5-7-17(8-6-15)19(20,21)22/h2-8,13,18,23H,9-12H2,1H3. The van der Waals surface area contributed by atoms with Crippen molar-refractivity contribution in [2.75, 3.05) is 26.2 Å². The molecule has 0 bridgehead atoms. The van der Waals surface area contributed by atoms with Gasteiger partial charge in [-0.05, 0) is 30.2 Å². The van der Waals surface area contributed by atoms with E-state index in [9.17, 15) is 13.2 Å². The molecule has 1 saturated heterocycles. The van der Waals surface area contributed by atoms with Crippen molar-refractivity contribution in [3.05, 3.63) is 70.8 Å². The summed E-state index contributed by atoms with van der Waals surface area (Å²) in [6.07, 6.45) is -4.30. The zero-order valence-corrected chi connectivity index (χ0v) is 13.6. The minimum Gasteiger partial charge on any atom is -0.314 e. The van der Waals surface area contributed by atoms with Crippen LogP contribution in [-0.2, 0) is 6.18 Å². The lowest BCUT2D eigenvalue weighted by Gasteiger charge is -2.35. The van der Waals surface area contributed by atoms with Crippen LogP contribution in [0.1, 0.15) is 28.3 Å². The fraction of sp³-hybridized carbons (Fsp3) is 0.368. The molecule has 1 fully saturated rings. The Bertz CT molecular complexity index is 674. The Morgan fingerprint density at radius 3 is 2.21 bits per heavy atom. The lowest BCUT2D eigenvalue weighted by atomic mass is 9.94. The van der Waals surface area contributed by atoms with Gasteiger partial charge >= 0.3 is 6.18 Å². The average Bonchev–Trinajstić information content (AvgIpc) is 2.56. The maximum atomic E-state index is 12.8. The number of nitrogens with zero attached hydrogens (tertiary/aromatic N) is 1. The Labute approximate surface area is 140 Å². The van der Waals surface area contributed by atoms with Gasteiger partial charge in [0.1, 0.15) is 0 Å². The van der Waals surface area contributed by atoms with Gasteiger partial charge in [-0.25, -0.2) is 0 Å². The number of hydrogen-bond donors (Lipinski definition) is 1. The predicted octanol–water partition coefficient (Wildman–Crippen LogP) is 4.01. The fourth-order valence-electron chi connectivity index (χ4n) is 3.25. The number of nitrogens with one attached hydrogen (secondary N) is 1. The Morgan fingerprint density at radius 1 is 0.958 bits per heavy atom. The van der Waals surface area contributed by atoms with Gasteiger partial charge in [0.15, 0.2) is 0 Å². The van der Waals surface area contributed by atoms with Crippen LogP contribution >= 0.6 is 0 Å². The van der Waals surface area contributed by atoms with E-state index in [2.05, 4.69) is 22.3 Å². The number of hydrogen-bond acceptors (Lipinski definition) is 2. The normalized spacial score (nSPS) is 17.7. The molecule has 1 aliphatic heterocycles. The zero-order valence-electron chi connectivity index (χ0n) is 13.6. The summed E-state index contributed by atoms with van der Waals surface area (Å²) in [5, 5.41) is 3.32. The molecule has 1 aliphatic rings. The van der Waals surface area contributed by atoms with Crippen LogP contribution in [-0.4, -0.2) is 31.1 Å². The van der Waals surface area contributed by atoms with Crippen molar-refractivity contribution in [1.29, 1.82) is 0 Å². The van der Waals surface area contributed by atoms with Crippen molar-refractivity contribution in [2.24, 2.45) is 0 Å². The van der Waals surface area contributed by atoms with Gasteiger partial charge in [-0.3, -0.25) is 4.90 Å². The van der Waals surface area contributed by atoms with Crippen molar-refractivity contribution < 1.29 is 13.2 Å². The molecular weight excluding hydrogens is 313 g/mol. The summed E-state index contributed by atoms with van der Waals surface area (Å²) >= 11 is 0. The van der Waals surface area contributed by atoms with Crippen molar-refractivity contribution >= 4 is 0 Å². The van der Waals surface area contributed by atoms with Crippen molar-refractivity contribution in [1.82, 2.24) is 10.2 Å². The largest absolute Gasteiger partial charge is 0.416 e. The van der Waals surface area contributed by atoms with Gasteiger partial charge in [0.2, 0.25) is 0 Å². The molecule has 24 heavy (non-hydrogen) atoms. The van der Waals surface area contributed by atoms with Gasteiger partial charge in [0.25, 0.3) is 0 Å². The summed E-state index contributed by atoms with van der Waals surface area (Å²) < 4.78 is 38.5. The molecule has 1 heterocycles. The molecule has 3 rings (SSSR count). The first-order valence-electron chi connectivity index (χ1n) is 8.13. The molecule has 0 amide bonds. The molecule has 2 aromatic carbocycles. The third kappa shape index (κ3) is 3.79. The molecule has 128 valence electrons. The summed E-state index contributed by atoms with van der Waals surface area (Å²) in [7, 11) is 0.